The first-order valence-corrected chi connectivity index (χ1v) is 5.27. The zero-order valence-corrected chi connectivity index (χ0v) is 8.64. The predicted octanol–water partition coefficient (Wildman–Crippen LogP) is 2.97. The largest absolute Gasteiger partial charge is 0.390 e. The molecule has 1 aliphatic carbocycles. The molecule has 0 radical (unpaired) electrons. The standard InChI is InChI=1S/C11H22O/c1-4-9(2)10-6-5-7-11(3,12)8-10/h9-10,12H,4-8H2,1-3H3. The average molecular weight is 170 g/mol. The van der Waals surface area contributed by atoms with Crippen LogP contribution in [0, 0.1) is 11.8 Å². The molecular formula is C11H22O. The van der Waals surface area contributed by atoms with E-state index in [0.717, 1.165) is 24.7 Å². The molecule has 3 atom stereocenters. The van der Waals surface area contributed by atoms with Crippen LogP contribution < -0.4 is 0 Å². The van der Waals surface area contributed by atoms with Gasteiger partial charge in [-0.15, -0.1) is 0 Å². The van der Waals surface area contributed by atoms with Crippen LogP contribution in [0.1, 0.15) is 52.9 Å². The monoisotopic (exact) mass is 170 g/mol. The van der Waals surface area contributed by atoms with Gasteiger partial charge in [-0.1, -0.05) is 26.7 Å². The first-order chi connectivity index (χ1) is 5.55. The second-order valence-corrected chi connectivity index (χ2v) is 4.74. The fraction of sp³-hybridized carbons (Fsp3) is 1.00. The van der Waals surface area contributed by atoms with Crippen molar-refractivity contribution < 1.29 is 5.11 Å². The van der Waals surface area contributed by atoms with E-state index >= 15 is 0 Å². The van der Waals surface area contributed by atoms with Crippen LogP contribution in [0.25, 0.3) is 0 Å². The summed E-state index contributed by atoms with van der Waals surface area (Å²) in [5, 5.41) is 9.89. The molecule has 0 saturated heterocycles. The molecule has 1 saturated carbocycles. The van der Waals surface area contributed by atoms with Crippen LogP contribution in [0.2, 0.25) is 0 Å². The quantitative estimate of drug-likeness (QED) is 0.675. The number of aliphatic hydroxyl groups is 1. The fourth-order valence-corrected chi connectivity index (χ4v) is 2.33. The van der Waals surface area contributed by atoms with Crippen LogP contribution in [0.5, 0.6) is 0 Å². The van der Waals surface area contributed by atoms with Gasteiger partial charge in [-0.25, -0.2) is 0 Å². The molecule has 1 N–H and O–H groups in total. The van der Waals surface area contributed by atoms with E-state index in [4.69, 9.17) is 0 Å². The molecule has 0 heterocycles. The summed E-state index contributed by atoms with van der Waals surface area (Å²) >= 11 is 0. The van der Waals surface area contributed by atoms with E-state index in [-0.39, 0.29) is 5.60 Å². The maximum Gasteiger partial charge on any atom is 0.0622 e. The molecule has 3 unspecified atom stereocenters. The molecule has 72 valence electrons. The van der Waals surface area contributed by atoms with Crippen molar-refractivity contribution in [1.82, 2.24) is 0 Å². The van der Waals surface area contributed by atoms with Crippen LogP contribution in [-0.2, 0) is 0 Å². The molecule has 1 heteroatoms. The molecule has 0 spiro atoms. The second kappa shape index (κ2) is 3.78. The van der Waals surface area contributed by atoms with Crippen LogP contribution in [0.3, 0.4) is 0 Å². The Balaban J connectivity index is 2.46. The minimum Gasteiger partial charge on any atom is -0.390 e. The van der Waals surface area contributed by atoms with Gasteiger partial charge in [0.15, 0.2) is 0 Å². The lowest BCUT2D eigenvalue weighted by atomic mass is 9.73. The van der Waals surface area contributed by atoms with E-state index in [1.54, 1.807) is 0 Å². The summed E-state index contributed by atoms with van der Waals surface area (Å²) < 4.78 is 0. The third kappa shape index (κ3) is 2.48. The minimum atomic E-state index is -0.369. The van der Waals surface area contributed by atoms with Gasteiger partial charge in [0.25, 0.3) is 0 Å². The Morgan fingerprint density at radius 1 is 1.58 bits per heavy atom. The van der Waals surface area contributed by atoms with E-state index < -0.39 is 0 Å². The lowest BCUT2D eigenvalue weighted by Crippen LogP contribution is -2.33. The Kier molecular flexibility index (Phi) is 3.16. The summed E-state index contributed by atoms with van der Waals surface area (Å²) in [4.78, 5) is 0. The summed E-state index contributed by atoms with van der Waals surface area (Å²) in [6, 6.07) is 0. The average Bonchev–Trinajstić information content (AvgIpc) is 2.01. The Labute approximate surface area is 76.2 Å². The third-order valence-corrected chi connectivity index (χ3v) is 3.44. The minimum absolute atomic E-state index is 0.369. The van der Waals surface area contributed by atoms with E-state index in [0.29, 0.717) is 0 Å². The molecule has 1 fully saturated rings. The molecule has 1 nitrogen and oxygen atoms in total. The van der Waals surface area contributed by atoms with Crippen LogP contribution in [-0.4, -0.2) is 10.7 Å². The first kappa shape index (κ1) is 10.0. The molecule has 0 aromatic rings. The zero-order valence-electron chi connectivity index (χ0n) is 8.64. The highest BCUT2D eigenvalue weighted by Gasteiger charge is 2.31. The second-order valence-electron chi connectivity index (χ2n) is 4.74. The number of rotatable bonds is 2. The van der Waals surface area contributed by atoms with E-state index in [2.05, 4.69) is 13.8 Å². The summed E-state index contributed by atoms with van der Waals surface area (Å²) in [6.07, 6.45) is 5.80. The molecule has 0 aromatic carbocycles. The molecule has 0 bridgehead atoms. The SMILES string of the molecule is CCC(C)C1CCCC(C)(O)C1. The molecule has 1 rings (SSSR count). The van der Waals surface area contributed by atoms with Gasteiger partial charge in [-0.05, 0) is 38.0 Å². The molecule has 1 aliphatic rings. The highest BCUT2D eigenvalue weighted by molar-refractivity contribution is 4.84. The Hall–Kier alpha value is -0.0400. The summed E-state index contributed by atoms with van der Waals surface area (Å²) in [6.45, 7) is 6.54. The summed E-state index contributed by atoms with van der Waals surface area (Å²) in [5.41, 5.74) is -0.369. The van der Waals surface area contributed by atoms with Gasteiger partial charge in [-0.2, -0.15) is 0 Å². The Morgan fingerprint density at radius 2 is 2.25 bits per heavy atom. The lowest BCUT2D eigenvalue weighted by molar-refractivity contribution is -0.0101. The summed E-state index contributed by atoms with van der Waals surface area (Å²) in [5.74, 6) is 1.55. The van der Waals surface area contributed by atoms with Gasteiger partial charge < -0.3 is 5.11 Å². The van der Waals surface area contributed by atoms with Crippen molar-refractivity contribution in [3.05, 3.63) is 0 Å². The molecule has 0 aromatic heterocycles. The van der Waals surface area contributed by atoms with Crippen molar-refractivity contribution in [3.8, 4) is 0 Å². The van der Waals surface area contributed by atoms with Crippen molar-refractivity contribution in [2.24, 2.45) is 11.8 Å². The maximum absolute atomic E-state index is 9.89. The molecule has 12 heavy (non-hydrogen) atoms. The molecular weight excluding hydrogens is 148 g/mol. The van der Waals surface area contributed by atoms with Crippen molar-refractivity contribution in [2.75, 3.05) is 0 Å². The maximum atomic E-state index is 9.89. The highest BCUT2D eigenvalue weighted by Crippen LogP contribution is 2.36. The van der Waals surface area contributed by atoms with Crippen LogP contribution >= 0.6 is 0 Å². The van der Waals surface area contributed by atoms with Gasteiger partial charge in [-0.3, -0.25) is 0 Å². The highest BCUT2D eigenvalue weighted by atomic mass is 16.3. The topological polar surface area (TPSA) is 20.2 Å². The zero-order chi connectivity index (χ0) is 9.19. The molecule has 0 aliphatic heterocycles. The van der Waals surface area contributed by atoms with Crippen molar-refractivity contribution in [1.29, 1.82) is 0 Å². The van der Waals surface area contributed by atoms with E-state index in [9.17, 15) is 5.11 Å². The Morgan fingerprint density at radius 3 is 2.75 bits per heavy atom. The van der Waals surface area contributed by atoms with Gasteiger partial charge in [0.05, 0.1) is 5.60 Å². The third-order valence-electron chi connectivity index (χ3n) is 3.44. The summed E-state index contributed by atoms with van der Waals surface area (Å²) in [7, 11) is 0. The van der Waals surface area contributed by atoms with Crippen LogP contribution in [0.4, 0.5) is 0 Å². The smallest absolute Gasteiger partial charge is 0.0622 e. The van der Waals surface area contributed by atoms with Gasteiger partial charge in [0.1, 0.15) is 0 Å². The van der Waals surface area contributed by atoms with Gasteiger partial charge in [0.2, 0.25) is 0 Å². The number of hydrogen-bond donors (Lipinski definition) is 1. The van der Waals surface area contributed by atoms with Crippen molar-refractivity contribution in [3.63, 3.8) is 0 Å². The lowest BCUT2D eigenvalue weighted by Gasteiger charge is -2.36. The van der Waals surface area contributed by atoms with Gasteiger partial charge >= 0.3 is 0 Å². The van der Waals surface area contributed by atoms with Crippen molar-refractivity contribution >= 4 is 0 Å². The molecule has 0 amide bonds. The normalized spacial score (nSPS) is 39.5. The van der Waals surface area contributed by atoms with E-state index in [1.807, 2.05) is 6.92 Å². The predicted molar refractivity (Wildman–Crippen MR) is 52.0 cm³/mol. The first-order valence-electron chi connectivity index (χ1n) is 5.27. The fourth-order valence-electron chi connectivity index (χ4n) is 2.33. The number of hydrogen-bond acceptors (Lipinski definition) is 1. The van der Waals surface area contributed by atoms with Crippen molar-refractivity contribution in [2.45, 2.75) is 58.5 Å². The van der Waals surface area contributed by atoms with Gasteiger partial charge in [0, 0.05) is 0 Å². The van der Waals surface area contributed by atoms with E-state index in [1.165, 1.54) is 19.3 Å². The van der Waals surface area contributed by atoms with Crippen LogP contribution in [0.15, 0.2) is 0 Å². The Bertz CT molecular complexity index is 140.